The summed E-state index contributed by atoms with van der Waals surface area (Å²) in [4.78, 5) is 0. The van der Waals surface area contributed by atoms with Crippen LogP contribution in [0, 0.1) is 40.8 Å². The smallest absolute Gasteiger partial charge is 0 e. The molecular formula is H2AlMo2NbNd. The van der Waals surface area contributed by atoms with Crippen LogP contribution in [0.5, 0.6) is 0 Å². The van der Waals surface area contributed by atoms with Gasteiger partial charge in [-0.3, -0.25) is 0 Å². The van der Waals surface area contributed by atoms with Gasteiger partial charge in [-0.05, 0) is 0 Å². The molecule has 0 aliphatic heterocycles. The molecular weight excluding hydrogens is 456 g/mol. The zero-order chi connectivity index (χ0) is 0. The van der Waals surface area contributed by atoms with Gasteiger partial charge in [-0.15, -0.1) is 0 Å². The van der Waals surface area contributed by atoms with Gasteiger partial charge in [0.2, 0.25) is 0 Å². The Hall–Kier alpha value is 4.00. The summed E-state index contributed by atoms with van der Waals surface area (Å²) in [6.07, 6.45) is 0. The largest absolute Gasteiger partial charge is 0.146 e. The van der Waals surface area contributed by atoms with Gasteiger partial charge in [0.25, 0.3) is 0 Å². The van der Waals surface area contributed by atoms with E-state index in [-0.39, 0.29) is 123 Å². The molecule has 0 rings (SSSR count). The fourth-order valence-corrected chi connectivity index (χ4v) is 0. The summed E-state index contributed by atoms with van der Waals surface area (Å²) in [5.74, 6) is 0. The molecule has 0 fully saturated rings. The van der Waals surface area contributed by atoms with Crippen molar-refractivity contribution in [3.8, 4) is 0 Å². The summed E-state index contributed by atoms with van der Waals surface area (Å²) < 4.78 is 0. The third-order valence-electron chi connectivity index (χ3n) is 0. The maximum Gasteiger partial charge on any atom is 0.146 e. The third-order valence-corrected chi connectivity index (χ3v) is 0. The molecule has 0 unspecified atom stereocenters. The van der Waals surface area contributed by atoms with Gasteiger partial charge < -0.3 is 0 Å². The molecule has 0 atom stereocenters. The molecule has 0 amide bonds. The molecule has 0 spiro atoms. The second-order valence-electron chi connectivity index (χ2n) is 0. The van der Waals surface area contributed by atoms with Crippen LogP contribution in [0.25, 0.3) is 0 Å². The second kappa shape index (κ2) is 24.5. The number of rotatable bonds is 0. The van der Waals surface area contributed by atoms with Crippen molar-refractivity contribution in [1.29, 1.82) is 0 Å². The minimum Gasteiger partial charge on any atom is 0 e. The van der Waals surface area contributed by atoms with Crippen LogP contribution in [0.3, 0.4) is 0 Å². The molecule has 5 heavy (non-hydrogen) atoms. The molecule has 0 N–H and O–H groups in total. The fraction of sp³-hybridized carbons (Fsp3) is 0. The number of hydrogen-bond acceptors (Lipinski definition) is 0. The summed E-state index contributed by atoms with van der Waals surface area (Å²) in [5, 5.41) is 0. The van der Waals surface area contributed by atoms with Crippen molar-refractivity contribution in [3.63, 3.8) is 0 Å². The molecule has 0 saturated heterocycles. The maximum absolute atomic E-state index is 0. The van der Waals surface area contributed by atoms with Crippen molar-refractivity contribution in [2.75, 3.05) is 0 Å². The van der Waals surface area contributed by atoms with Crippen molar-refractivity contribution >= 4 is 17.4 Å². The first-order valence-electron chi connectivity index (χ1n) is 0. The SMILES string of the molecule is [AlH2].[Mo].[Mo].[Nb].[Nd]. The van der Waals surface area contributed by atoms with Crippen LogP contribution in [-0.2, 0) is 64.5 Å². The predicted octanol–water partition coefficient (Wildman–Crippen LogP) is -0.924. The molecule has 0 bridgehead atoms. The average Bonchev–Trinajstić information content (AvgIpc) is 0. The van der Waals surface area contributed by atoms with Crippen LogP contribution in [0.15, 0.2) is 0 Å². The van der Waals surface area contributed by atoms with Gasteiger partial charge in [0.05, 0.1) is 0 Å². The minimum absolute atomic E-state index is 0. The zero-order valence-electron chi connectivity index (χ0n) is 2.76. The molecule has 5 heteroatoms. The maximum atomic E-state index is 0. The van der Waals surface area contributed by atoms with Crippen molar-refractivity contribution in [2.45, 2.75) is 0 Å². The Balaban J connectivity index is 0. The van der Waals surface area contributed by atoms with Gasteiger partial charge in [-0.25, -0.2) is 0 Å². The van der Waals surface area contributed by atoms with Crippen LogP contribution in [0.1, 0.15) is 0 Å². The van der Waals surface area contributed by atoms with Crippen LogP contribution in [0.2, 0.25) is 0 Å². The molecule has 0 aliphatic rings. The van der Waals surface area contributed by atoms with Gasteiger partial charge in [0.15, 0.2) is 0 Å². The van der Waals surface area contributed by atoms with E-state index in [2.05, 4.69) is 0 Å². The molecule has 0 aliphatic carbocycles. The molecule has 2 radical (unpaired) electrons. The van der Waals surface area contributed by atoms with Gasteiger partial charge in [0, 0.05) is 105 Å². The van der Waals surface area contributed by atoms with Gasteiger partial charge >= 0.3 is 0 Å². The molecule has 0 saturated carbocycles. The van der Waals surface area contributed by atoms with E-state index in [1.54, 1.807) is 0 Å². The average molecular weight is 458 g/mol. The van der Waals surface area contributed by atoms with Crippen LogP contribution in [0.4, 0.5) is 0 Å². The van der Waals surface area contributed by atoms with Crippen LogP contribution >= 0.6 is 0 Å². The zero-order valence-corrected chi connectivity index (χ0v) is 14.2. The van der Waals surface area contributed by atoms with Crippen molar-refractivity contribution in [3.05, 3.63) is 0 Å². The van der Waals surface area contributed by atoms with Gasteiger partial charge in [-0.1, -0.05) is 0 Å². The molecule has 0 heterocycles. The van der Waals surface area contributed by atoms with E-state index in [1.807, 2.05) is 0 Å². The normalized spacial score (nSPS) is 0. The first-order valence-corrected chi connectivity index (χ1v) is 0. The van der Waals surface area contributed by atoms with E-state index in [4.69, 9.17) is 0 Å². The Bertz CT molecular complexity index is 9.61. The van der Waals surface area contributed by atoms with Crippen molar-refractivity contribution in [2.24, 2.45) is 0 Å². The van der Waals surface area contributed by atoms with E-state index in [9.17, 15) is 0 Å². The summed E-state index contributed by atoms with van der Waals surface area (Å²) in [6, 6.07) is 0. The van der Waals surface area contributed by atoms with E-state index < -0.39 is 0 Å². The van der Waals surface area contributed by atoms with Gasteiger partial charge in [0.1, 0.15) is 17.4 Å². The summed E-state index contributed by atoms with van der Waals surface area (Å²) in [5.41, 5.74) is 0. The summed E-state index contributed by atoms with van der Waals surface area (Å²) >= 11 is 0. The standard InChI is InChI=1S/Al.2Mo.Nb.Nd.2H. The van der Waals surface area contributed by atoms with E-state index in [0.717, 1.165) is 0 Å². The summed E-state index contributed by atoms with van der Waals surface area (Å²) in [6.45, 7) is 0. The van der Waals surface area contributed by atoms with Crippen LogP contribution < -0.4 is 0 Å². The Labute approximate surface area is 120 Å². The topological polar surface area (TPSA) is 0 Å². The van der Waals surface area contributed by atoms with Crippen molar-refractivity contribution in [1.82, 2.24) is 0 Å². The quantitative estimate of drug-likeness (QED) is 0.413. The molecule has 0 aromatic rings. The molecule has 0 aromatic heterocycles. The van der Waals surface area contributed by atoms with Gasteiger partial charge in [-0.2, -0.15) is 0 Å². The van der Waals surface area contributed by atoms with Crippen LogP contribution in [-0.4, -0.2) is 17.4 Å². The Kier molecular flexibility index (Phi) is 176. The first kappa shape index (κ1) is 36.0. The Morgan fingerprint density at radius 2 is 0.800 bits per heavy atom. The Morgan fingerprint density at radius 1 is 0.800 bits per heavy atom. The van der Waals surface area contributed by atoms with E-state index in [1.165, 1.54) is 0 Å². The molecule has 0 nitrogen and oxygen atoms in total. The first-order chi connectivity index (χ1) is 0. The predicted molar refractivity (Wildman–Crippen MR) is 8.54 cm³/mol. The van der Waals surface area contributed by atoms with E-state index >= 15 is 0 Å². The van der Waals surface area contributed by atoms with E-state index in [0.29, 0.717) is 0 Å². The molecule has 0 aromatic carbocycles. The third kappa shape index (κ3) is 18.0. The fourth-order valence-electron chi connectivity index (χ4n) is 0. The summed E-state index contributed by atoms with van der Waals surface area (Å²) in [7, 11) is 0. The Morgan fingerprint density at radius 3 is 0.800 bits per heavy atom. The monoisotopic (exact) mass is 460 g/mol. The number of hydrogen-bond donors (Lipinski definition) is 0. The minimum atomic E-state index is 0. The van der Waals surface area contributed by atoms with Crippen molar-refractivity contribution < 1.29 is 105 Å². The molecule has 26 valence electrons. The second-order valence-corrected chi connectivity index (χ2v) is 0.